The summed E-state index contributed by atoms with van der Waals surface area (Å²) in [6.45, 7) is 5.62. The Morgan fingerprint density at radius 3 is 2.64 bits per heavy atom. The number of nitrogens with two attached hydrogens (primary N) is 1. The molecule has 1 aromatic carbocycles. The molecule has 1 atom stereocenters. The standard InChI is InChI=1S/C19H26N6O2S/c1-11-8-12(2)14-9-13(11)15-10-16(25-18(20)24-15)28-7-6-23-19(27)22-5-3-4-21-17(14)26/h8-10,19,22-23,27H,3-7H2,1-2H3,(H,21,26)(H2,20,24,25). The van der Waals surface area contributed by atoms with Crippen molar-refractivity contribution in [3.05, 3.63) is 34.9 Å². The van der Waals surface area contributed by atoms with Crippen LogP contribution in [0.5, 0.6) is 0 Å². The molecular weight excluding hydrogens is 376 g/mol. The molecule has 8 nitrogen and oxygen atoms in total. The summed E-state index contributed by atoms with van der Waals surface area (Å²) in [4.78, 5) is 21.3. The summed E-state index contributed by atoms with van der Waals surface area (Å²) >= 11 is 1.53. The zero-order chi connectivity index (χ0) is 20.1. The first-order chi connectivity index (χ1) is 13.4. The second-order valence-corrected chi connectivity index (χ2v) is 7.82. The van der Waals surface area contributed by atoms with Gasteiger partial charge in [0.25, 0.3) is 5.91 Å². The molecule has 1 amide bonds. The fourth-order valence-corrected chi connectivity index (χ4v) is 3.86. The Balaban J connectivity index is 1.98. The van der Waals surface area contributed by atoms with E-state index in [4.69, 9.17) is 5.73 Å². The van der Waals surface area contributed by atoms with Gasteiger partial charge in [-0.15, -0.1) is 11.8 Å². The average Bonchev–Trinajstić information content (AvgIpc) is 2.64. The second-order valence-electron chi connectivity index (χ2n) is 6.70. The van der Waals surface area contributed by atoms with E-state index in [0.717, 1.165) is 21.7 Å². The van der Waals surface area contributed by atoms with Crippen LogP contribution in [0.25, 0.3) is 11.3 Å². The van der Waals surface area contributed by atoms with Gasteiger partial charge in [0.05, 0.1) is 5.69 Å². The zero-order valence-corrected chi connectivity index (χ0v) is 16.9. The SMILES string of the molecule is Cc1cc(C)c2cc1C(=O)NCCCNC(O)NCCSc1cc-2nc(N)n1. The second kappa shape index (κ2) is 9.33. The smallest absolute Gasteiger partial charge is 0.251 e. The molecule has 0 saturated heterocycles. The maximum Gasteiger partial charge on any atom is 0.251 e. The highest BCUT2D eigenvalue weighted by molar-refractivity contribution is 7.99. The molecule has 1 aliphatic heterocycles. The normalized spacial score (nSPS) is 19.0. The van der Waals surface area contributed by atoms with E-state index in [0.29, 0.717) is 43.1 Å². The fraction of sp³-hybridized carbons (Fsp3) is 0.421. The number of aliphatic hydroxyl groups excluding tert-OH is 1. The van der Waals surface area contributed by atoms with Crippen molar-refractivity contribution in [2.75, 3.05) is 31.1 Å². The van der Waals surface area contributed by atoms with E-state index in [-0.39, 0.29) is 11.9 Å². The van der Waals surface area contributed by atoms with Gasteiger partial charge in [0.1, 0.15) is 5.03 Å². The van der Waals surface area contributed by atoms with Gasteiger partial charge in [-0.05, 0) is 43.5 Å². The van der Waals surface area contributed by atoms with Crippen molar-refractivity contribution in [3.8, 4) is 11.3 Å². The van der Waals surface area contributed by atoms with Crippen LogP contribution in [0.4, 0.5) is 5.95 Å². The number of benzene rings is 1. The number of hydrogen-bond acceptors (Lipinski definition) is 8. The molecule has 6 N–H and O–H groups in total. The number of nitrogens with one attached hydrogen (secondary N) is 3. The topological polar surface area (TPSA) is 125 Å². The predicted molar refractivity (Wildman–Crippen MR) is 111 cm³/mol. The van der Waals surface area contributed by atoms with E-state index in [1.165, 1.54) is 11.8 Å². The third-order valence-corrected chi connectivity index (χ3v) is 5.39. The first kappa shape index (κ1) is 20.5. The van der Waals surface area contributed by atoms with Crippen LogP contribution in [-0.2, 0) is 0 Å². The number of aromatic nitrogens is 2. The molecule has 1 aromatic heterocycles. The van der Waals surface area contributed by atoms with Gasteiger partial charge in [-0.1, -0.05) is 6.07 Å². The third kappa shape index (κ3) is 5.20. The monoisotopic (exact) mass is 402 g/mol. The Bertz CT molecular complexity index is 861. The number of nitrogen functional groups attached to an aromatic ring is 1. The molecule has 150 valence electrons. The summed E-state index contributed by atoms with van der Waals surface area (Å²) in [6, 6.07) is 5.75. The summed E-state index contributed by atoms with van der Waals surface area (Å²) in [5.74, 6) is 0.782. The summed E-state index contributed by atoms with van der Waals surface area (Å²) in [5, 5.41) is 19.5. The summed E-state index contributed by atoms with van der Waals surface area (Å²) < 4.78 is 0. The Morgan fingerprint density at radius 2 is 1.82 bits per heavy atom. The van der Waals surface area contributed by atoms with Crippen molar-refractivity contribution in [2.45, 2.75) is 31.6 Å². The van der Waals surface area contributed by atoms with Crippen molar-refractivity contribution in [1.82, 2.24) is 25.9 Å². The number of rotatable bonds is 0. The Labute approximate surface area is 168 Å². The number of fused-ring (bicyclic) bond motifs is 5. The lowest BCUT2D eigenvalue weighted by Crippen LogP contribution is -2.44. The number of carbonyl (C=O) groups is 1. The first-order valence-corrected chi connectivity index (χ1v) is 10.2. The lowest BCUT2D eigenvalue weighted by Gasteiger charge is -2.14. The van der Waals surface area contributed by atoms with E-state index >= 15 is 0 Å². The van der Waals surface area contributed by atoms with Gasteiger partial charge in [-0.25, -0.2) is 9.97 Å². The van der Waals surface area contributed by atoms with Crippen molar-refractivity contribution in [2.24, 2.45) is 0 Å². The largest absolute Gasteiger partial charge is 0.368 e. The van der Waals surface area contributed by atoms with E-state index in [2.05, 4.69) is 25.9 Å². The first-order valence-electron chi connectivity index (χ1n) is 9.26. The maximum atomic E-state index is 12.7. The number of aryl methyl sites for hydroxylation is 2. The average molecular weight is 403 g/mol. The molecule has 3 rings (SSSR count). The molecule has 1 unspecified atom stereocenters. The zero-order valence-electron chi connectivity index (χ0n) is 16.1. The molecule has 2 heterocycles. The maximum absolute atomic E-state index is 12.7. The van der Waals surface area contributed by atoms with Gasteiger partial charge < -0.3 is 16.2 Å². The molecular formula is C19H26N6O2S. The highest BCUT2D eigenvalue weighted by atomic mass is 32.2. The van der Waals surface area contributed by atoms with Crippen LogP contribution >= 0.6 is 11.8 Å². The highest BCUT2D eigenvalue weighted by Crippen LogP contribution is 2.28. The Kier molecular flexibility index (Phi) is 6.84. The van der Waals surface area contributed by atoms with Crippen LogP contribution in [0.15, 0.2) is 23.2 Å². The minimum atomic E-state index is -0.794. The van der Waals surface area contributed by atoms with Crippen LogP contribution in [0, 0.1) is 13.8 Å². The van der Waals surface area contributed by atoms with E-state index < -0.39 is 6.35 Å². The predicted octanol–water partition coefficient (Wildman–Crippen LogP) is 1.02. The fourth-order valence-electron chi connectivity index (χ4n) is 3.08. The van der Waals surface area contributed by atoms with E-state index in [1.807, 2.05) is 32.0 Å². The van der Waals surface area contributed by atoms with Gasteiger partial charge in [-0.3, -0.25) is 15.4 Å². The number of aliphatic hydroxyl groups is 1. The van der Waals surface area contributed by atoms with Crippen LogP contribution in [0.3, 0.4) is 0 Å². The van der Waals surface area contributed by atoms with Gasteiger partial charge in [0.15, 0.2) is 6.35 Å². The minimum absolute atomic E-state index is 0.127. The molecule has 4 bridgehead atoms. The molecule has 0 saturated carbocycles. The lowest BCUT2D eigenvalue weighted by molar-refractivity contribution is 0.0947. The van der Waals surface area contributed by atoms with Crippen LogP contribution < -0.4 is 21.7 Å². The van der Waals surface area contributed by atoms with Crippen molar-refractivity contribution in [3.63, 3.8) is 0 Å². The molecule has 1 aliphatic rings. The van der Waals surface area contributed by atoms with Crippen LogP contribution in [-0.4, -0.2) is 52.7 Å². The molecule has 2 aromatic rings. The number of nitrogens with zero attached hydrogens (tertiary/aromatic N) is 2. The molecule has 0 aliphatic carbocycles. The van der Waals surface area contributed by atoms with Crippen LogP contribution in [0.1, 0.15) is 27.9 Å². The number of hydrogen-bond donors (Lipinski definition) is 5. The lowest BCUT2D eigenvalue weighted by atomic mass is 9.97. The van der Waals surface area contributed by atoms with Crippen molar-refractivity contribution >= 4 is 23.6 Å². The van der Waals surface area contributed by atoms with Crippen LogP contribution in [0.2, 0.25) is 0 Å². The number of thioether (sulfide) groups is 1. The Hall–Kier alpha value is -2.20. The van der Waals surface area contributed by atoms with Gasteiger partial charge in [-0.2, -0.15) is 0 Å². The Morgan fingerprint density at radius 1 is 1.07 bits per heavy atom. The molecule has 0 spiro atoms. The van der Waals surface area contributed by atoms with Crippen molar-refractivity contribution in [1.29, 1.82) is 0 Å². The van der Waals surface area contributed by atoms with Gasteiger partial charge >= 0.3 is 0 Å². The van der Waals surface area contributed by atoms with Crippen molar-refractivity contribution < 1.29 is 9.90 Å². The quantitative estimate of drug-likeness (QED) is 0.414. The molecule has 0 radical (unpaired) electrons. The summed E-state index contributed by atoms with van der Waals surface area (Å²) in [6.07, 6.45) is -0.0855. The van der Waals surface area contributed by atoms with E-state index in [9.17, 15) is 9.90 Å². The number of carbonyl (C=O) groups excluding carboxylic acids is 1. The van der Waals surface area contributed by atoms with Gasteiger partial charge in [0.2, 0.25) is 5.95 Å². The minimum Gasteiger partial charge on any atom is -0.368 e. The van der Waals surface area contributed by atoms with Gasteiger partial charge in [0, 0.05) is 36.5 Å². The molecule has 28 heavy (non-hydrogen) atoms. The van der Waals surface area contributed by atoms with E-state index in [1.54, 1.807) is 0 Å². The third-order valence-electron chi connectivity index (χ3n) is 4.48. The molecule has 9 heteroatoms. The highest BCUT2D eigenvalue weighted by Gasteiger charge is 2.15. The number of anilines is 1. The molecule has 0 fully saturated rings. The summed E-state index contributed by atoms with van der Waals surface area (Å²) in [5.41, 5.74) is 10.0. The number of amides is 1. The summed E-state index contributed by atoms with van der Waals surface area (Å²) in [7, 11) is 0.